The number of fused-ring (bicyclic) bond motifs is 4. The first-order chi connectivity index (χ1) is 14.1. The first-order valence-corrected chi connectivity index (χ1v) is 9.12. The number of hydrogen-bond acceptors (Lipinski definition) is 5. The van der Waals surface area contributed by atoms with E-state index in [9.17, 15) is 9.59 Å². The fourth-order valence-corrected chi connectivity index (χ4v) is 3.73. The number of para-hydroxylation sites is 2. The van der Waals surface area contributed by atoms with E-state index in [1.165, 1.54) is 4.57 Å². The van der Waals surface area contributed by atoms with Crippen LogP contribution in [0.2, 0.25) is 0 Å². The number of carbonyl (C=O) groups excluding carboxylic acids is 1. The minimum Gasteiger partial charge on any atom is -0.454 e. The molecule has 0 radical (unpaired) electrons. The summed E-state index contributed by atoms with van der Waals surface area (Å²) in [6, 6.07) is 14.8. The highest BCUT2D eigenvalue weighted by Gasteiger charge is 2.20. The van der Waals surface area contributed by atoms with Crippen LogP contribution in [0.1, 0.15) is 21.9 Å². The number of hydrogen-bond donors (Lipinski definition) is 1. The molecule has 0 saturated heterocycles. The van der Waals surface area contributed by atoms with Gasteiger partial charge in [-0.25, -0.2) is 4.79 Å². The number of carbonyl (C=O) groups is 1. The largest absolute Gasteiger partial charge is 0.454 e. The monoisotopic (exact) mass is 387 g/mol. The Hall–Kier alpha value is -3.94. The van der Waals surface area contributed by atoms with Gasteiger partial charge in [0.1, 0.15) is 0 Å². The van der Waals surface area contributed by atoms with E-state index in [0.29, 0.717) is 28.1 Å². The van der Waals surface area contributed by atoms with Gasteiger partial charge in [-0.15, -0.1) is 10.2 Å². The minimum atomic E-state index is -0.439. The summed E-state index contributed by atoms with van der Waals surface area (Å²) in [6.45, 7) is 1.77. The fourth-order valence-electron chi connectivity index (χ4n) is 3.73. The molecule has 144 valence electrons. The summed E-state index contributed by atoms with van der Waals surface area (Å²) in [6.07, 6.45) is 0. The van der Waals surface area contributed by atoms with Gasteiger partial charge >= 0.3 is 5.97 Å². The highest BCUT2D eigenvalue weighted by atomic mass is 16.5. The lowest BCUT2D eigenvalue weighted by atomic mass is 10.1. The molecule has 8 nitrogen and oxygen atoms in total. The van der Waals surface area contributed by atoms with Crippen LogP contribution in [-0.2, 0) is 18.4 Å². The van der Waals surface area contributed by atoms with Crippen molar-refractivity contribution in [2.45, 2.75) is 13.5 Å². The molecule has 0 atom stereocenters. The average molecular weight is 387 g/mol. The number of aromatic nitrogens is 5. The number of nitrogens with one attached hydrogen (secondary N) is 1. The third kappa shape index (κ3) is 2.53. The summed E-state index contributed by atoms with van der Waals surface area (Å²) < 4.78 is 8.75. The van der Waals surface area contributed by atoms with Gasteiger partial charge in [-0.1, -0.05) is 30.3 Å². The van der Waals surface area contributed by atoms with Gasteiger partial charge in [-0.05, 0) is 25.1 Å². The molecule has 5 aromatic rings. The highest BCUT2D eigenvalue weighted by Crippen LogP contribution is 2.23. The van der Waals surface area contributed by atoms with Crippen LogP contribution >= 0.6 is 0 Å². The Morgan fingerprint density at radius 2 is 1.79 bits per heavy atom. The van der Waals surface area contributed by atoms with Crippen LogP contribution in [0.3, 0.4) is 0 Å². The van der Waals surface area contributed by atoms with Crippen LogP contribution in [0.25, 0.3) is 27.6 Å². The van der Waals surface area contributed by atoms with Crippen molar-refractivity contribution < 1.29 is 9.53 Å². The van der Waals surface area contributed by atoms with Crippen molar-refractivity contribution in [2.24, 2.45) is 7.05 Å². The van der Waals surface area contributed by atoms with Gasteiger partial charge in [0.05, 0.1) is 16.5 Å². The van der Waals surface area contributed by atoms with Crippen molar-refractivity contribution in [1.29, 1.82) is 0 Å². The van der Waals surface area contributed by atoms with Crippen molar-refractivity contribution in [3.8, 4) is 0 Å². The van der Waals surface area contributed by atoms with Crippen molar-refractivity contribution in [1.82, 2.24) is 24.1 Å². The summed E-state index contributed by atoms with van der Waals surface area (Å²) in [5.74, 6) is 0.395. The zero-order valence-electron chi connectivity index (χ0n) is 15.8. The number of aryl methyl sites for hydroxylation is 2. The molecule has 3 aromatic heterocycles. The Bertz CT molecular complexity index is 1470. The number of benzene rings is 2. The lowest BCUT2D eigenvalue weighted by molar-refractivity contribution is 0.0463. The second kappa shape index (κ2) is 6.30. The van der Waals surface area contributed by atoms with Crippen LogP contribution in [0.5, 0.6) is 0 Å². The predicted molar refractivity (Wildman–Crippen MR) is 108 cm³/mol. The molecule has 2 aromatic carbocycles. The van der Waals surface area contributed by atoms with Gasteiger partial charge in [-0.3, -0.25) is 13.8 Å². The average Bonchev–Trinajstić information content (AvgIpc) is 3.30. The van der Waals surface area contributed by atoms with Gasteiger partial charge in [-0.2, -0.15) is 0 Å². The minimum absolute atomic E-state index is 0.0683. The Morgan fingerprint density at radius 3 is 2.62 bits per heavy atom. The van der Waals surface area contributed by atoms with E-state index in [4.69, 9.17) is 4.74 Å². The molecule has 29 heavy (non-hydrogen) atoms. The first kappa shape index (κ1) is 17.2. The SMILES string of the molecule is Cc1[nH]c2ccccc2c1C(=O)OCc1nnc2n(C)c(=O)c3ccccc3n12. The summed E-state index contributed by atoms with van der Waals surface area (Å²) in [4.78, 5) is 28.5. The molecule has 0 aliphatic carbocycles. The maximum Gasteiger partial charge on any atom is 0.341 e. The molecule has 0 bridgehead atoms. The van der Waals surface area contributed by atoms with E-state index in [1.807, 2.05) is 43.3 Å². The van der Waals surface area contributed by atoms with Crippen molar-refractivity contribution >= 4 is 33.6 Å². The smallest absolute Gasteiger partial charge is 0.341 e. The molecule has 0 spiro atoms. The third-order valence-electron chi connectivity index (χ3n) is 5.12. The van der Waals surface area contributed by atoms with E-state index in [0.717, 1.165) is 16.6 Å². The van der Waals surface area contributed by atoms with E-state index < -0.39 is 5.97 Å². The topological polar surface area (TPSA) is 94.3 Å². The van der Waals surface area contributed by atoms with Crippen molar-refractivity contribution in [2.75, 3.05) is 0 Å². The quantitative estimate of drug-likeness (QED) is 0.481. The normalized spacial score (nSPS) is 11.5. The predicted octanol–water partition coefficient (Wildman–Crippen LogP) is 2.73. The fraction of sp³-hybridized carbons (Fsp3) is 0.143. The van der Waals surface area contributed by atoms with E-state index in [1.54, 1.807) is 23.6 Å². The van der Waals surface area contributed by atoms with Crippen LogP contribution < -0.4 is 5.56 Å². The molecule has 5 rings (SSSR count). The number of nitrogens with zero attached hydrogens (tertiary/aromatic N) is 4. The molecule has 0 aliphatic heterocycles. The second-order valence-electron chi connectivity index (χ2n) is 6.88. The van der Waals surface area contributed by atoms with Gasteiger partial charge in [0.25, 0.3) is 5.56 Å². The zero-order chi connectivity index (χ0) is 20.1. The number of aromatic amines is 1. The number of H-pyrrole nitrogens is 1. The number of esters is 1. The standard InChI is InChI=1S/C21H17N5O3/c1-12-18(13-7-3-5-9-15(13)22-12)20(28)29-11-17-23-24-21-25(2)19(27)14-8-4-6-10-16(14)26(17)21/h3-10,22H,11H2,1-2H3. The lowest BCUT2D eigenvalue weighted by Gasteiger charge is -2.08. The molecule has 0 amide bonds. The van der Waals surface area contributed by atoms with Crippen LogP contribution in [0.4, 0.5) is 0 Å². The molecule has 0 fully saturated rings. The van der Waals surface area contributed by atoms with Crippen LogP contribution in [-0.4, -0.2) is 30.1 Å². The number of rotatable bonds is 3. The molecule has 8 heteroatoms. The van der Waals surface area contributed by atoms with Crippen molar-refractivity contribution in [3.05, 3.63) is 76.0 Å². The van der Waals surface area contributed by atoms with Gasteiger partial charge in [0.15, 0.2) is 12.4 Å². The maximum absolute atomic E-state index is 12.8. The van der Waals surface area contributed by atoms with Crippen molar-refractivity contribution in [3.63, 3.8) is 0 Å². The first-order valence-electron chi connectivity index (χ1n) is 9.12. The van der Waals surface area contributed by atoms with E-state index in [2.05, 4.69) is 15.2 Å². The van der Waals surface area contributed by atoms with Crippen LogP contribution in [0, 0.1) is 6.92 Å². The summed E-state index contributed by atoms with van der Waals surface area (Å²) in [7, 11) is 1.64. The Labute approximate surface area is 164 Å². The molecule has 0 unspecified atom stereocenters. The lowest BCUT2D eigenvalue weighted by Crippen LogP contribution is -2.20. The van der Waals surface area contributed by atoms with Crippen LogP contribution in [0.15, 0.2) is 53.3 Å². The molecule has 1 N–H and O–H groups in total. The Balaban J connectivity index is 1.55. The highest BCUT2D eigenvalue weighted by molar-refractivity contribution is 6.05. The number of ether oxygens (including phenoxy) is 1. The molecular formula is C21H17N5O3. The molecule has 0 saturated carbocycles. The van der Waals surface area contributed by atoms with Gasteiger partial charge < -0.3 is 9.72 Å². The van der Waals surface area contributed by atoms with E-state index in [-0.39, 0.29) is 12.2 Å². The van der Waals surface area contributed by atoms with Gasteiger partial charge in [0.2, 0.25) is 5.78 Å². The summed E-state index contributed by atoms with van der Waals surface area (Å²) in [5, 5.41) is 9.63. The molecular weight excluding hydrogens is 370 g/mol. The Morgan fingerprint density at radius 1 is 1.07 bits per heavy atom. The summed E-state index contributed by atoms with van der Waals surface area (Å²) >= 11 is 0. The molecule has 3 heterocycles. The zero-order valence-corrected chi connectivity index (χ0v) is 15.8. The van der Waals surface area contributed by atoms with E-state index >= 15 is 0 Å². The third-order valence-corrected chi connectivity index (χ3v) is 5.12. The second-order valence-corrected chi connectivity index (χ2v) is 6.88. The van der Waals surface area contributed by atoms with Gasteiger partial charge in [0, 0.05) is 23.6 Å². The summed E-state index contributed by atoms with van der Waals surface area (Å²) in [5.41, 5.74) is 2.65. The maximum atomic E-state index is 12.8. The Kier molecular flexibility index (Phi) is 3.73. The molecule has 0 aliphatic rings.